The molecule has 176 valence electrons. The molecule has 4 rings (SSSR count). The van der Waals surface area contributed by atoms with Crippen molar-refractivity contribution >= 4 is 44.9 Å². The molecule has 0 saturated heterocycles. The molecule has 9 heteroatoms. The van der Waals surface area contributed by atoms with Crippen LogP contribution in [0.1, 0.15) is 18.9 Å². The zero-order valence-electron chi connectivity index (χ0n) is 19.1. The number of nitrogens with one attached hydrogen (secondary N) is 1. The summed E-state index contributed by atoms with van der Waals surface area (Å²) < 4.78 is 12.7. The van der Waals surface area contributed by atoms with E-state index in [1.54, 1.807) is 24.9 Å². The molecule has 0 aliphatic heterocycles. The van der Waals surface area contributed by atoms with Crippen LogP contribution in [0, 0.1) is 0 Å². The van der Waals surface area contributed by atoms with E-state index in [-0.39, 0.29) is 11.5 Å². The van der Waals surface area contributed by atoms with Gasteiger partial charge in [-0.15, -0.1) is 11.3 Å². The van der Waals surface area contributed by atoms with Gasteiger partial charge in [0.1, 0.15) is 16.2 Å². The number of ether oxygens (including phenoxy) is 2. The average Bonchev–Trinajstić information content (AvgIpc) is 3.34. The summed E-state index contributed by atoms with van der Waals surface area (Å²) in [7, 11) is 3.20. The van der Waals surface area contributed by atoms with Gasteiger partial charge in [0, 0.05) is 11.8 Å². The highest BCUT2D eigenvalue weighted by Gasteiger charge is 2.23. The Morgan fingerprint density at radius 3 is 2.59 bits per heavy atom. The summed E-state index contributed by atoms with van der Waals surface area (Å²) in [4.78, 5) is 31.1. The molecule has 0 bridgehead atoms. The third-order valence-corrected chi connectivity index (χ3v) is 7.52. The Balaban J connectivity index is 1.63. The molecule has 2 aromatic heterocycles. The van der Waals surface area contributed by atoms with E-state index in [1.807, 2.05) is 60.8 Å². The summed E-state index contributed by atoms with van der Waals surface area (Å²) >= 11 is 2.67. The van der Waals surface area contributed by atoms with Crippen LogP contribution in [0.5, 0.6) is 11.5 Å². The lowest BCUT2D eigenvalue weighted by Gasteiger charge is -2.18. The van der Waals surface area contributed by atoms with Crippen molar-refractivity contribution < 1.29 is 14.3 Å². The molecule has 0 fully saturated rings. The summed E-state index contributed by atoms with van der Waals surface area (Å²) in [5, 5.41) is 4.89. The first-order valence-corrected chi connectivity index (χ1v) is 12.5. The number of hydrogen-bond donors (Lipinski definition) is 1. The highest BCUT2D eigenvalue weighted by Crippen LogP contribution is 2.28. The van der Waals surface area contributed by atoms with Crippen LogP contribution in [0.2, 0.25) is 0 Å². The number of carbonyl (C=O) groups excluding carboxylic acids is 1. The normalized spacial score (nSPS) is 11.9. The maximum Gasteiger partial charge on any atom is 0.272 e. The maximum absolute atomic E-state index is 13.3. The zero-order chi connectivity index (χ0) is 24.1. The van der Waals surface area contributed by atoms with Gasteiger partial charge in [0.05, 0.1) is 31.5 Å². The maximum atomic E-state index is 13.3. The number of methoxy groups -OCH3 is 2. The van der Waals surface area contributed by atoms with E-state index in [0.29, 0.717) is 39.8 Å². The molecular formula is C25H25N3O4S2. The number of aromatic nitrogens is 2. The molecule has 2 aromatic carbocycles. The van der Waals surface area contributed by atoms with Crippen LogP contribution in [-0.2, 0) is 11.3 Å². The summed E-state index contributed by atoms with van der Waals surface area (Å²) in [5.74, 6) is 1.26. The topological polar surface area (TPSA) is 82.5 Å². The van der Waals surface area contributed by atoms with Crippen molar-refractivity contribution in [2.75, 3.05) is 19.5 Å². The van der Waals surface area contributed by atoms with E-state index < -0.39 is 5.25 Å². The minimum Gasteiger partial charge on any atom is -0.497 e. The summed E-state index contributed by atoms with van der Waals surface area (Å²) in [6, 6.07) is 16.6. The third-order valence-electron chi connectivity index (χ3n) is 5.28. The van der Waals surface area contributed by atoms with Crippen molar-refractivity contribution in [2.45, 2.75) is 30.3 Å². The van der Waals surface area contributed by atoms with E-state index in [1.165, 1.54) is 23.1 Å². The SMILES string of the molecule is CCC(Sc1nc2ccsc2c(=O)n1Cc1ccc(OC)cc1)C(=O)Nc1cccc(OC)c1. The van der Waals surface area contributed by atoms with Gasteiger partial charge in [0.25, 0.3) is 5.56 Å². The number of rotatable bonds is 9. The molecule has 1 N–H and O–H groups in total. The van der Waals surface area contributed by atoms with Crippen molar-refractivity contribution in [1.82, 2.24) is 9.55 Å². The van der Waals surface area contributed by atoms with Gasteiger partial charge in [-0.3, -0.25) is 14.2 Å². The van der Waals surface area contributed by atoms with Gasteiger partial charge < -0.3 is 14.8 Å². The van der Waals surface area contributed by atoms with Crippen molar-refractivity contribution in [3.8, 4) is 11.5 Å². The Morgan fingerprint density at radius 2 is 1.88 bits per heavy atom. The van der Waals surface area contributed by atoms with Crippen LogP contribution < -0.4 is 20.3 Å². The van der Waals surface area contributed by atoms with E-state index in [4.69, 9.17) is 14.5 Å². The third kappa shape index (κ3) is 5.26. The quantitative estimate of drug-likeness (QED) is 0.259. The summed E-state index contributed by atoms with van der Waals surface area (Å²) in [6.07, 6.45) is 0.570. The molecular weight excluding hydrogens is 470 g/mol. The fourth-order valence-corrected chi connectivity index (χ4v) is 5.23. The van der Waals surface area contributed by atoms with Crippen LogP contribution in [0.4, 0.5) is 5.69 Å². The number of thioether (sulfide) groups is 1. The fraction of sp³-hybridized carbons (Fsp3) is 0.240. The van der Waals surface area contributed by atoms with Crippen LogP contribution in [0.3, 0.4) is 0 Å². The molecule has 2 heterocycles. The summed E-state index contributed by atoms with van der Waals surface area (Å²) in [5.41, 5.74) is 2.13. The van der Waals surface area contributed by atoms with Gasteiger partial charge in [-0.1, -0.05) is 36.9 Å². The molecule has 0 aliphatic rings. The lowest BCUT2D eigenvalue weighted by Crippen LogP contribution is -2.28. The Bertz CT molecular complexity index is 1350. The lowest BCUT2D eigenvalue weighted by molar-refractivity contribution is -0.115. The number of carbonyl (C=O) groups is 1. The predicted octanol–water partition coefficient (Wildman–Crippen LogP) is 5.03. The van der Waals surface area contributed by atoms with Gasteiger partial charge in [-0.05, 0) is 47.7 Å². The van der Waals surface area contributed by atoms with Crippen molar-refractivity contribution in [3.63, 3.8) is 0 Å². The van der Waals surface area contributed by atoms with E-state index >= 15 is 0 Å². The van der Waals surface area contributed by atoms with Gasteiger partial charge in [-0.2, -0.15) is 0 Å². The number of amides is 1. The first kappa shape index (κ1) is 23.8. The molecule has 0 radical (unpaired) electrons. The molecule has 0 saturated carbocycles. The fourth-order valence-electron chi connectivity index (χ4n) is 3.44. The monoisotopic (exact) mass is 495 g/mol. The van der Waals surface area contributed by atoms with E-state index in [9.17, 15) is 9.59 Å². The van der Waals surface area contributed by atoms with E-state index in [0.717, 1.165) is 11.3 Å². The minimum atomic E-state index is -0.434. The van der Waals surface area contributed by atoms with Crippen LogP contribution >= 0.6 is 23.1 Å². The van der Waals surface area contributed by atoms with Gasteiger partial charge in [0.2, 0.25) is 5.91 Å². The van der Waals surface area contributed by atoms with Crippen molar-refractivity contribution in [2.24, 2.45) is 0 Å². The highest BCUT2D eigenvalue weighted by atomic mass is 32.2. The number of fused-ring (bicyclic) bond motifs is 1. The number of nitrogens with zero attached hydrogens (tertiary/aromatic N) is 2. The Kier molecular flexibility index (Phi) is 7.54. The molecule has 1 unspecified atom stereocenters. The minimum absolute atomic E-state index is 0.110. The largest absolute Gasteiger partial charge is 0.497 e. The van der Waals surface area contributed by atoms with Gasteiger partial charge in [0.15, 0.2) is 5.16 Å². The Labute approximate surface area is 205 Å². The zero-order valence-corrected chi connectivity index (χ0v) is 20.7. The molecule has 1 atom stereocenters. The molecule has 1 amide bonds. The number of hydrogen-bond acceptors (Lipinski definition) is 7. The number of anilines is 1. The second kappa shape index (κ2) is 10.8. The van der Waals surface area contributed by atoms with Crippen LogP contribution in [-0.4, -0.2) is 34.9 Å². The molecule has 4 aromatic rings. The average molecular weight is 496 g/mol. The van der Waals surface area contributed by atoms with Crippen molar-refractivity contribution in [1.29, 1.82) is 0 Å². The van der Waals surface area contributed by atoms with Crippen LogP contribution in [0.25, 0.3) is 10.2 Å². The first-order chi connectivity index (χ1) is 16.5. The molecule has 0 aliphatic carbocycles. The van der Waals surface area contributed by atoms with Crippen molar-refractivity contribution in [3.05, 3.63) is 75.9 Å². The second-order valence-corrected chi connectivity index (χ2v) is 9.59. The Morgan fingerprint density at radius 1 is 1.12 bits per heavy atom. The first-order valence-electron chi connectivity index (χ1n) is 10.7. The molecule has 7 nitrogen and oxygen atoms in total. The number of benzene rings is 2. The highest BCUT2D eigenvalue weighted by molar-refractivity contribution is 8.00. The Hall–Kier alpha value is -3.30. The second-order valence-electron chi connectivity index (χ2n) is 7.50. The predicted molar refractivity (Wildman–Crippen MR) is 138 cm³/mol. The number of thiophene rings is 1. The smallest absolute Gasteiger partial charge is 0.272 e. The molecule has 34 heavy (non-hydrogen) atoms. The van der Waals surface area contributed by atoms with Gasteiger partial charge in [-0.25, -0.2) is 4.98 Å². The van der Waals surface area contributed by atoms with Crippen LogP contribution in [0.15, 0.2) is 69.9 Å². The van der Waals surface area contributed by atoms with E-state index in [2.05, 4.69) is 5.32 Å². The molecule has 0 spiro atoms. The summed E-state index contributed by atoms with van der Waals surface area (Å²) in [6.45, 7) is 2.29. The standard InChI is InChI=1S/C25H25N3O4S2/c1-4-21(23(29)26-17-6-5-7-19(14-17)32-3)34-25-27-20-12-13-33-22(20)24(30)28(25)15-16-8-10-18(31-2)11-9-16/h5-14,21H,4,15H2,1-3H3,(H,26,29). The lowest BCUT2D eigenvalue weighted by atomic mass is 10.2. The van der Waals surface area contributed by atoms with Gasteiger partial charge >= 0.3 is 0 Å².